The van der Waals surface area contributed by atoms with Crippen molar-refractivity contribution in [1.82, 2.24) is 4.57 Å². The Bertz CT molecular complexity index is 885. The molecular formula is C19H26N4O4. The van der Waals surface area contributed by atoms with Crippen molar-refractivity contribution in [2.75, 3.05) is 20.3 Å². The number of aromatic nitrogens is 1. The minimum atomic E-state index is -0.435. The molecule has 0 saturated heterocycles. The van der Waals surface area contributed by atoms with E-state index in [9.17, 15) is 9.59 Å². The van der Waals surface area contributed by atoms with Gasteiger partial charge in [-0.05, 0) is 43.4 Å². The van der Waals surface area contributed by atoms with E-state index in [0.29, 0.717) is 31.0 Å². The van der Waals surface area contributed by atoms with Crippen molar-refractivity contribution in [2.24, 2.45) is 16.5 Å². The van der Waals surface area contributed by atoms with E-state index in [1.54, 1.807) is 10.6 Å². The van der Waals surface area contributed by atoms with Crippen LogP contribution in [0.4, 0.5) is 0 Å². The van der Waals surface area contributed by atoms with E-state index in [4.69, 9.17) is 16.2 Å². The van der Waals surface area contributed by atoms with Crippen LogP contribution >= 0.6 is 0 Å². The van der Waals surface area contributed by atoms with Crippen LogP contribution in [0.3, 0.4) is 0 Å². The quantitative estimate of drug-likeness (QED) is 0.294. The molecule has 0 spiro atoms. The zero-order valence-electron chi connectivity index (χ0n) is 15.7. The molecule has 0 aliphatic heterocycles. The van der Waals surface area contributed by atoms with Gasteiger partial charge in [0, 0.05) is 24.7 Å². The molecule has 1 aromatic carbocycles. The number of ether oxygens (including phenoxy) is 2. The molecule has 0 aliphatic carbocycles. The molecular weight excluding hydrogens is 348 g/mol. The maximum atomic E-state index is 12.6. The number of unbranched alkanes of at least 4 members (excludes halogenated alkanes) is 1. The van der Waals surface area contributed by atoms with Crippen molar-refractivity contribution >= 4 is 22.8 Å². The minimum absolute atomic E-state index is 0.0423. The molecule has 0 bridgehead atoms. The summed E-state index contributed by atoms with van der Waals surface area (Å²) in [6, 6.07) is 7.32. The Morgan fingerprint density at radius 3 is 2.67 bits per heavy atom. The fraction of sp³-hybridized carbons (Fsp3) is 0.421. The molecule has 8 heteroatoms. The Balaban J connectivity index is 2.16. The molecule has 0 saturated carbocycles. The molecule has 0 atom stereocenters. The maximum absolute atomic E-state index is 12.6. The molecule has 0 aliphatic rings. The number of hydrogen-bond acceptors (Lipinski definition) is 5. The average molecular weight is 374 g/mol. The number of guanidine groups is 1. The lowest BCUT2D eigenvalue weighted by Crippen LogP contribution is -2.25. The summed E-state index contributed by atoms with van der Waals surface area (Å²) in [5.41, 5.74) is 11.6. The third-order valence-corrected chi connectivity index (χ3v) is 4.14. The largest absolute Gasteiger partial charge is 0.494 e. The summed E-state index contributed by atoms with van der Waals surface area (Å²) >= 11 is 0. The van der Waals surface area contributed by atoms with Gasteiger partial charge in [0.1, 0.15) is 5.75 Å². The fourth-order valence-corrected chi connectivity index (χ4v) is 2.78. The second-order valence-electron chi connectivity index (χ2n) is 6.05. The van der Waals surface area contributed by atoms with Crippen LogP contribution in [-0.2, 0) is 22.5 Å². The van der Waals surface area contributed by atoms with Gasteiger partial charge in [0.15, 0.2) is 5.96 Å². The van der Waals surface area contributed by atoms with E-state index >= 15 is 0 Å². The first-order chi connectivity index (χ1) is 13.0. The van der Waals surface area contributed by atoms with Crippen LogP contribution in [0.5, 0.6) is 5.75 Å². The van der Waals surface area contributed by atoms with Gasteiger partial charge in [-0.3, -0.25) is 14.6 Å². The van der Waals surface area contributed by atoms with Crippen LogP contribution in [0, 0.1) is 0 Å². The van der Waals surface area contributed by atoms with Gasteiger partial charge >= 0.3 is 5.97 Å². The van der Waals surface area contributed by atoms with Gasteiger partial charge in [-0.2, -0.15) is 0 Å². The fourth-order valence-electron chi connectivity index (χ4n) is 2.78. The number of aliphatic imine (C=N–C) groups is 1. The first-order valence-corrected chi connectivity index (χ1v) is 8.87. The van der Waals surface area contributed by atoms with Crippen LogP contribution in [-0.4, -0.2) is 36.8 Å². The van der Waals surface area contributed by atoms with Gasteiger partial charge < -0.3 is 25.5 Å². The van der Waals surface area contributed by atoms with Crippen LogP contribution in [0.2, 0.25) is 0 Å². The van der Waals surface area contributed by atoms with Crippen molar-refractivity contribution in [3.05, 3.63) is 40.2 Å². The van der Waals surface area contributed by atoms with Gasteiger partial charge in [-0.1, -0.05) is 0 Å². The monoisotopic (exact) mass is 374 g/mol. The lowest BCUT2D eigenvalue weighted by Gasteiger charge is -2.13. The molecule has 1 aromatic heterocycles. The molecule has 0 unspecified atom stereocenters. The maximum Gasteiger partial charge on any atom is 0.310 e. The van der Waals surface area contributed by atoms with Gasteiger partial charge in [-0.25, -0.2) is 0 Å². The summed E-state index contributed by atoms with van der Waals surface area (Å²) in [5, 5.41) is 0.871. The molecule has 27 heavy (non-hydrogen) atoms. The average Bonchev–Trinajstić information content (AvgIpc) is 2.65. The Morgan fingerprint density at radius 2 is 2.00 bits per heavy atom. The number of hydrogen-bond donors (Lipinski definition) is 2. The second-order valence-corrected chi connectivity index (χ2v) is 6.05. The van der Waals surface area contributed by atoms with Gasteiger partial charge in [-0.15, -0.1) is 0 Å². The Labute approximate surface area is 157 Å². The molecule has 146 valence electrons. The van der Waals surface area contributed by atoms with Crippen molar-refractivity contribution < 1.29 is 14.3 Å². The Hall–Kier alpha value is -3.03. The van der Waals surface area contributed by atoms with Crippen molar-refractivity contribution in [2.45, 2.75) is 32.7 Å². The summed E-state index contributed by atoms with van der Waals surface area (Å²) in [5.74, 6) is 0.344. The smallest absolute Gasteiger partial charge is 0.310 e. The number of rotatable bonds is 9. The van der Waals surface area contributed by atoms with E-state index < -0.39 is 5.97 Å². The first kappa shape index (κ1) is 20.3. The summed E-state index contributed by atoms with van der Waals surface area (Å²) in [6.45, 7) is 3.48. The molecule has 2 aromatic rings. The van der Waals surface area contributed by atoms with Crippen molar-refractivity contribution in [1.29, 1.82) is 0 Å². The second kappa shape index (κ2) is 9.61. The summed E-state index contributed by atoms with van der Waals surface area (Å²) in [4.78, 5) is 28.1. The summed E-state index contributed by atoms with van der Waals surface area (Å²) in [7, 11) is 1.31. The van der Waals surface area contributed by atoms with Crippen LogP contribution in [0.1, 0.15) is 25.3 Å². The zero-order valence-corrected chi connectivity index (χ0v) is 15.7. The van der Waals surface area contributed by atoms with E-state index in [-0.39, 0.29) is 17.9 Å². The third-order valence-electron chi connectivity index (χ3n) is 4.14. The Kier molecular flexibility index (Phi) is 7.22. The molecule has 0 radical (unpaired) electrons. The van der Waals surface area contributed by atoms with Crippen molar-refractivity contribution in [3.63, 3.8) is 0 Å². The molecule has 0 fully saturated rings. The summed E-state index contributed by atoms with van der Waals surface area (Å²) < 4.78 is 12.1. The van der Waals surface area contributed by atoms with Gasteiger partial charge in [0.25, 0.3) is 5.56 Å². The van der Waals surface area contributed by atoms with E-state index in [0.717, 1.165) is 23.7 Å². The lowest BCUT2D eigenvalue weighted by atomic mass is 10.1. The number of carbonyl (C=O) groups excluding carboxylic acids is 1. The van der Waals surface area contributed by atoms with Crippen LogP contribution in [0.15, 0.2) is 34.1 Å². The van der Waals surface area contributed by atoms with Crippen molar-refractivity contribution in [3.8, 4) is 5.75 Å². The minimum Gasteiger partial charge on any atom is -0.494 e. The highest BCUT2D eigenvalue weighted by Gasteiger charge is 2.13. The topological polar surface area (TPSA) is 122 Å². The SMILES string of the molecule is CCn1c(=O)c(CC(=O)OC)cc2ccc(OCCCCN=C(N)N)cc21. The molecule has 4 N–H and O–H groups in total. The van der Waals surface area contributed by atoms with Gasteiger partial charge in [0.05, 0.1) is 25.7 Å². The predicted octanol–water partition coefficient (Wildman–Crippen LogP) is 1.17. The number of methoxy groups -OCH3 is 1. The number of nitrogens with two attached hydrogens (primary N) is 2. The molecule has 8 nitrogen and oxygen atoms in total. The predicted molar refractivity (Wildman–Crippen MR) is 105 cm³/mol. The number of carbonyl (C=O) groups is 1. The Morgan fingerprint density at radius 1 is 1.22 bits per heavy atom. The standard InChI is InChI=1S/C19H26N4O4/c1-3-23-16-12-15(27-9-5-4-8-22-19(20)21)7-6-13(16)10-14(18(23)25)11-17(24)26-2/h6-7,10,12H,3-5,8-9,11H2,1-2H3,(H4,20,21,22). The molecule has 2 rings (SSSR count). The normalized spacial score (nSPS) is 10.6. The molecule has 0 amide bonds. The highest BCUT2D eigenvalue weighted by atomic mass is 16.5. The number of aryl methyl sites for hydroxylation is 1. The number of pyridine rings is 1. The van der Waals surface area contributed by atoms with E-state index in [1.165, 1.54) is 7.11 Å². The van der Waals surface area contributed by atoms with Gasteiger partial charge in [0.2, 0.25) is 0 Å². The van der Waals surface area contributed by atoms with E-state index in [1.807, 2.05) is 25.1 Å². The van der Waals surface area contributed by atoms with E-state index in [2.05, 4.69) is 9.73 Å². The van der Waals surface area contributed by atoms with Crippen LogP contribution in [0.25, 0.3) is 10.9 Å². The molecule has 1 heterocycles. The number of benzene rings is 1. The first-order valence-electron chi connectivity index (χ1n) is 8.87. The van der Waals surface area contributed by atoms with Crippen LogP contribution < -0.4 is 21.8 Å². The highest BCUT2D eigenvalue weighted by Crippen LogP contribution is 2.21. The highest BCUT2D eigenvalue weighted by molar-refractivity contribution is 5.82. The summed E-state index contributed by atoms with van der Waals surface area (Å²) in [6.07, 6.45) is 1.59. The number of esters is 1. The zero-order chi connectivity index (χ0) is 19.8. The third kappa shape index (κ3) is 5.47. The number of nitrogens with zero attached hydrogens (tertiary/aromatic N) is 2. The lowest BCUT2D eigenvalue weighted by molar-refractivity contribution is -0.139. The number of fused-ring (bicyclic) bond motifs is 1.